The molecule has 3 aliphatic heterocycles. The first kappa shape index (κ1) is 43.8. The van der Waals surface area contributed by atoms with Gasteiger partial charge in [0, 0.05) is 76.1 Å². The molecule has 0 saturated heterocycles. The smallest absolute Gasteiger partial charge is 0.169 e. The van der Waals surface area contributed by atoms with E-state index in [4.69, 9.17) is 15.0 Å². The zero-order valence-electron chi connectivity index (χ0n) is 30.8. The number of aromatic nitrogens is 7. The van der Waals surface area contributed by atoms with E-state index >= 15 is 0 Å². The van der Waals surface area contributed by atoms with Crippen molar-refractivity contribution < 1.29 is 84.4 Å². The van der Waals surface area contributed by atoms with E-state index in [-0.39, 0.29) is 66.1 Å². The molecule has 1 aliphatic carbocycles. The third kappa shape index (κ3) is 7.99. The Bertz CT molecular complexity index is 2580. The topological polar surface area (TPSA) is 55.4 Å². The minimum Gasteiger partial charge on any atom is -1.00 e. The van der Waals surface area contributed by atoms with Gasteiger partial charge in [0.2, 0.25) is 0 Å². The van der Waals surface area contributed by atoms with Crippen LogP contribution >= 0.6 is 0 Å². The summed E-state index contributed by atoms with van der Waals surface area (Å²) in [5.41, 5.74) is 13.8. The maximum atomic E-state index is 5.41. The van der Waals surface area contributed by atoms with Gasteiger partial charge in [-0.25, -0.2) is 28.2 Å². The van der Waals surface area contributed by atoms with Crippen molar-refractivity contribution in [1.82, 2.24) is 15.0 Å². The quantitative estimate of drug-likeness (QED) is 0.131. The molecule has 12 heteroatoms. The van der Waals surface area contributed by atoms with Crippen molar-refractivity contribution in [3.8, 4) is 44.5 Å². The summed E-state index contributed by atoms with van der Waals surface area (Å²) in [4.78, 5) is 16.2. The molecule has 56 heavy (non-hydrogen) atoms. The summed E-state index contributed by atoms with van der Waals surface area (Å²) in [5, 5.41) is 2.27. The van der Waals surface area contributed by atoms with Gasteiger partial charge in [0.1, 0.15) is 28.2 Å². The first-order chi connectivity index (χ1) is 24.9. The van der Waals surface area contributed by atoms with Crippen LogP contribution in [0.15, 0.2) is 122 Å². The predicted molar refractivity (Wildman–Crippen MR) is 199 cm³/mol. The first-order valence-electron chi connectivity index (χ1n) is 17.1. The van der Waals surface area contributed by atoms with E-state index in [9.17, 15) is 0 Å². The van der Waals surface area contributed by atoms with Crippen LogP contribution < -0.4 is 72.9 Å². The molecule has 0 saturated carbocycles. The fourth-order valence-electron chi connectivity index (χ4n) is 7.02. The molecule has 0 amide bonds. The third-order valence-corrected chi connectivity index (χ3v) is 9.77. The second-order valence-electron chi connectivity index (χ2n) is 13.3. The van der Waals surface area contributed by atoms with Crippen LogP contribution in [0.4, 0.5) is 0 Å². The Hall–Kier alpha value is -4.95. The average molecular weight is 863 g/mol. The van der Waals surface area contributed by atoms with Gasteiger partial charge in [0.25, 0.3) is 0 Å². The van der Waals surface area contributed by atoms with Gasteiger partial charge in [-0.2, -0.15) is 0 Å². The van der Waals surface area contributed by atoms with E-state index in [1.807, 2.05) is 37.3 Å². The zero-order chi connectivity index (χ0) is 34.6. The van der Waals surface area contributed by atoms with Gasteiger partial charge >= 0.3 is 0 Å². The number of pyridine rings is 4. The number of halogens is 4. The average Bonchev–Trinajstić information content (AvgIpc) is 3.91. The molecular weight excluding hydrogens is 827 g/mol. The summed E-state index contributed by atoms with van der Waals surface area (Å²) >= 11 is 0. The van der Waals surface area contributed by atoms with Crippen LogP contribution in [0, 0.1) is 10.4 Å². The Kier molecular flexibility index (Phi) is 14.0. The van der Waals surface area contributed by atoms with Crippen LogP contribution in [0.2, 0.25) is 0 Å². The van der Waals surface area contributed by atoms with E-state index < -0.39 is 0 Å². The van der Waals surface area contributed by atoms with Gasteiger partial charge in [-0.05, 0) is 68.1 Å². The molecule has 4 aliphatic rings. The Morgan fingerprint density at radius 2 is 0.607 bits per heavy atom. The van der Waals surface area contributed by atoms with E-state index in [1.165, 1.54) is 0 Å². The molecular formula is C44H36Cl4N7Ni-. The van der Waals surface area contributed by atoms with E-state index in [0.717, 1.165) is 88.8 Å². The number of fused-ring (bicyclic) bond motifs is 6. The molecule has 0 spiro atoms. The minimum atomic E-state index is 0. The van der Waals surface area contributed by atoms with Crippen LogP contribution in [0.5, 0.6) is 0 Å². The summed E-state index contributed by atoms with van der Waals surface area (Å²) in [6.45, 7) is 0. The van der Waals surface area contributed by atoms with Gasteiger partial charge in [-0.3, -0.25) is 0 Å². The fourth-order valence-corrected chi connectivity index (χ4v) is 7.02. The Labute approximate surface area is 360 Å². The van der Waals surface area contributed by atoms with Gasteiger partial charge < -0.3 is 54.6 Å². The summed E-state index contributed by atoms with van der Waals surface area (Å²) in [6.07, 6.45) is 25.2. The van der Waals surface area contributed by atoms with E-state index in [2.05, 4.69) is 156 Å². The summed E-state index contributed by atoms with van der Waals surface area (Å²) in [6, 6.07) is 25.9. The third-order valence-electron chi connectivity index (χ3n) is 9.77. The zero-order valence-corrected chi connectivity index (χ0v) is 34.8. The number of nitrogens with zero attached hydrogens (tertiary/aromatic N) is 7. The SMILES string of the molecule is C[n+]1ccc(-c2c3nc(c(-c4cc[n+](C)cc4)c4ccc([n-]4)c(-c4cc[n+](C)cc4)c4nc(c(-c5cc[n+](C)cc5)c5ccc2=5)C=C4)C=C3)cc1.[Cl-].[Cl-].[Cl-].[Cl-].[Ni]. The van der Waals surface area contributed by atoms with E-state index in [1.54, 1.807) is 0 Å². The number of hydrogen-bond acceptors (Lipinski definition) is 2. The van der Waals surface area contributed by atoms with Crippen molar-refractivity contribution in [2.75, 3.05) is 0 Å². The van der Waals surface area contributed by atoms with Crippen molar-refractivity contribution >= 4 is 35.3 Å². The minimum absolute atomic E-state index is 0. The maximum Gasteiger partial charge on any atom is 0.169 e. The monoisotopic (exact) mass is 860 g/mol. The molecule has 7 nitrogen and oxygen atoms in total. The van der Waals surface area contributed by atoms with Crippen LogP contribution in [0.1, 0.15) is 22.8 Å². The van der Waals surface area contributed by atoms with Gasteiger partial charge in [0.15, 0.2) is 49.6 Å². The molecule has 8 heterocycles. The van der Waals surface area contributed by atoms with Crippen molar-refractivity contribution in [1.29, 1.82) is 0 Å². The molecule has 0 aromatic carbocycles. The van der Waals surface area contributed by atoms with E-state index in [0.29, 0.717) is 0 Å². The summed E-state index contributed by atoms with van der Waals surface area (Å²) < 4.78 is 8.21. The Morgan fingerprint density at radius 3 is 0.875 bits per heavy atom. The standard InChI is InChI=1S/C44H36N7.4ClH.Ni/c1-48-21-13-29(14-22-48)41-33-5-6-34(33)42(30-15-23-49(2)24-16-30)36-8-10-38(46-36)44(32-19-27-51(4)28-20-32)40-12-11-39(47-40)43(37-9-7-35(41)45-37)31-17-25-50(3)26-18-31;;;;;/h5-28H,1-4H3;4*1H;/q+3;;;;;/p-4. The molecule has 0 radical (unpaired) electrons. The second kappa shape index (κ2) is 17.9. The van der Waals surface area contributed by atoms with Crippen molar-refractivity contribution in [2.45, 2.75) is 0 Å². The van der Waals surface area contributed by atoms with Gasteiger partial charge in [-0.15, -0.1) is 11.0 Å². The van der Waals surface area contributed by atoms with Crippen molar-refractivity contribution in [3.63, 3.8) is 0 Å². The van der Waals surface area contributed by atoms with Gasteiger partial charge in [-0.1, -0.05) is 24.3 Å². The molecule has 0 fully saturated rings. The van der Waals surface area contributed by atoms with Crippen molar-refractivity contribution in [3.05, 3.63) is 156 Å². The molecule has 286 valence electrons. The predicted octanol–water partition coefficient (Wildman–Crippen LogP) is -6.05. The molecule has 0 unspecified atom stereocenters. The number of rotatable bonds is 4. The summed E-state index contributed by atoms with van der Waals surface area (Å²) in [7, 11) is 8.15. The maximum absolute atomic E-state index is 5.41. The molecule has 6 bridgehead atoms. The number of aryl methyl sites for hydroxylation is 4. The normalized spacial score (nSPS) is 11.1. The van der Waals surface area contributed by atoms with Gasteiger partial charge in [0.05, 0.1) is 22.8 Å². The molecule has 0 N–H and O–H groups in total. The molecule has 5 aromatic rings. The van der Waals surface area contributed by atoms with Crippen molar-refractivity contribution in [2.24, 2.45) is 28.2 Å². The second-order valence-corrected chi connectivity index (χ2v) is 13.3. The van der Waals surface area contributed by atoms with Crippen LogP contribution in [0.25, 0.3) is 79.8 Å². The molecule has 9 rings (SSSR count). The first-order valence-corrected chi connectivity index (χ1v) is 17.1. The Balaban J connectivity index is 0.00000139. The Morgan fingerprint density at radius 1 is 0.357 bits per heavy atom. The number of hydrogen-bond donors (Lipinski definition) is 0. The molecule has 0 atom stereocenters. The van der Waals surface area contributed by atoms with Crippen LogP contribution in [-0.2, 0) is 44.7 Å². The molecule has 5 aromatic heterocycles. The fraction of sp³-hybridized carbons (Fsp3) is 0.0909. The van der Waals surface area contributed by atoms with Crippen LogP contribution in [-0.4, -0.2) is 9.97 Å². The largest absolute Gasteiger partial charge is 1.00 e. The van der Waals surface area contributed by atoms with Crippen LogP contribution in [0.3, 0.4) is 0 Å². The summed E-state index contributed by atoms with van der Waals surface area (Å²) in [5.74, 6) is 0.